The van der Waals surface area contributed by atoms with Crippen molar-refractivity contribution in [2.45, 2.75) is 23.8 Å². The van der Waals surface area contributed by atoms with Crippen molar-refractivity contribution < 1.29 is 13.2 Å². The highest BCUT2D eigenvalue weighted by atomic mass is 32.2. The lowest BCUT2D eigenvalue weighted by Gasteiger charge is -2.22. The van der Waals surface area contributed by atoms with Crippen molar-refractivity contribution in [1.29, 1.82) is 0 Å². The number of pyridine rings is 1. The van der Waals surface area contributed by atoms with Crippen molar-refractivity contribution in [3.05, 3.63) is 24.0 Å². The van der Waals surface area contributed by atoms with Gasteiger partial charge in [0.25, 0.3) is 0 Å². The molecule has 1 aromatic rings. The van der Waals surface area contributed by atoms with Gasteiger partial charge in [-0.05, 0) is 25.0 Å². The lowest BCUT2D eigenvalue weighted by atomic mass is 10.1. The van der Waals surface area contributed by atoms with E-state index in [1.807, 2.05) is 0 Å². The SMILES string of the molecule is NC(=S)c1ccc(S(=O)(=O)NC2CCCNC2=O)cn1. The highest BCUT2D eigenvalue weighted by molar-refractivity contribution is 7.89. The second-order valence-corrected chi connectivity index (χ2v) is 6.50. The van der Waals surface area contributed by atoms with E-state index in [4.69, 9.17) is 18.0 Å². The van der Waals surface area contributed by atoms with Gasteiger partial charge in [0.2, 0.25) is 15.9 Å². The fourth-order valence-corrected chi connectivity index (χ4v) is 3.12. The Hall–Kier alpha value is -1.58. The molecule has 0 aliphatic carbocycles. The third-order valence-electron chi connectivity index (χ3n) is 2.88. The smallest absolute Gasteiger partial charge is 0.242 e. The number of carbonyl (C=O) groups is 1. The van der Waals surface area contributed by atoms with Gasteiger partial charge in [-0.15, -0.1) is 0 Å². The van der Waals surface area contributed by atoms with Crippen LogP contribution in [-0.2, 0) is 14.8 Å². The van der Waals surface area contributed by atoms with E-state index in [0.717, 1.165) is 12.6 Å². The van der Waals surface area contributed by atoms with E-state index in [1.54, 1.807) is 0 Å². The highest BCUT2D eigenvalue weighted by Gasteiger charge is 2.27. The molecule has 1 atom stereocenters. The van der Waals surface area contributed by atoms with E-state index < -0.39 is 16.1 Å². The molecule has 9 heteroatoms. The van der Waals surface area contributed by atoms with Crippen molar-refractivity contribution in [3.63, 3.8) is 0 Å². The molecule has 1 fully saturated rings. The monoisotopic (exact) mass is 314 g/mol. The largest absolute Gasteiger partial charge is 0.388 e. The molecule has 108 valence electrons. The van der Waals surface area contributed by atoms with Crippen LogP contribution in [-0.4, -0.2) is 36.9 Å². The average Bonchev–Trinajstić information content (AvgIpc) is 2.41. The number of thiocarbonyl (C=S) groups is 1. The first-order chi connectivity index (χ1) is 9.40. The van der Waals surface area contributed by atoms with E-state index >= 15 is 0 Å². The fourth-order valence-electron chi connectivity index (χ4n) is 1.82. The van der Waals surface area contributed by atoms with Crippen molar-refractivity contribution in [2.24, 2.45) is 5.73 Å². The molecule has 1 aromatic heterocycles. The quantitative estimate of drug-likeness (QED) is 0.632. The Balaban J connectivity index is 2.17. The summed E-state index contributed by atoms with van der Waals surface area (Å²) in [6, 6.07) is 2.03. The fraction of sp³-hybridized carbons (Fsp3) is 0.364. The average molecular weight is 314 g/mol. The van der Waals surface area contributed by atoms with E-state index in [-0.39, 0.29) is 15.8 Å². The maximum atomic E-state index is 12.1. The van der Waals surface area contributed by atoms with Crippen LogP contribution in [0, 0.1) is 0 Å². The lowest BCUT2D eigenvalue weighted by molar-refractivity contribution is -0.124. The molecule has 0 saturated carbocycles. The van der Waals surface area contributed by atoms with Crippen molar-refractivity contribution in [2.75, 3.05) is 6.54 Å². The summed E-state index contributed by atoms with van der Waals surface area (Å²) in [5, 5.41) is 2.62. The Morgan fingerprint density at radius 1 is 1.50 bits per heavy atom. The zero-order valence-corrected chi connectivity index (χ0v) is 12.1. The number of aromatic nitrogens is 1. The number of amides is 1. The first-order valence-electron chi connectivity index (χ1n) is 5.96. The minimum absolute atomic E-state index is 0.0316. The topological polar surface area (TPSA) is 114 Å². The Morgan fingerprint density at radius 2 is 2.25 bits per heavy atom. The Labute approximate surface area is 122 Å². The highest BCUT2D eigenvalue weighted by Crippen LogP contribution is 2.11. The zero-order chi connectivity index (χ0) is 14.8. The molecule has 1 aliphatic heterocycles. The van der Waals surface area contributed by atoms with Gasteiger partial charge in [0, 0.05) is 12.7 Å². The second kappa shape index (κ2) is 5.81. The number of nitrogens with two attached hydrogens (primary N) is 1. The van der Waals surface area contributed by atoms with E-state index in [9.17, 15) is 13.2 Å². The van der Waals surface area contributed by atoms with Gasteiger partial charge in [-0.25, -0.2) is 8.42 Å². The number of hydrogen-bond acceptors (Lipinski definition) is 5. The first kappa shape index (κ1) is 14.8. The lowest BCUT2D eigenvalue weighted by Crippen LogP contribution is -2.50. The van der Waals surface area contributed by atoms with Crippen molar-refractivity contribution >= 4 is 33.1 Å². The van der Waals surface area contributed by atoms with Gasteiger partial charge in [0.15, 0.2) is 0 Å². The summed E-state index contributed by atoms with van der Waals surface area (Å²) in [5.41, 5.74) is 5.73. The molecule has 0 aromatic carbocycles. The van der Waals surface area contributed by atoms with Gasteiger partial charge in [-0.1, -0.05) is 12.2 Å². The summed E-state index contributed by atoms with van der Waals surface area (Å²) < 4.78 is 26.6. The van der Waals surface area contributed by atoms with E-state index in [0.29, 0.717) is 18.7 Å². The third-order valence-corrected chi connectivity index (χ3v) is 4.55. The summed E-state index contributed by atoms with van der Waals surface area (Å²) in [7, 11) is -3.79. The Kier molecular flexibility index (Phi) is 4.31. The molecule has 1 unspecified atom stereocenters. The number of nitrogens with zero attached hydrogens (tertiary/aromatic N) is 1. The molecule has 2 rings (SSSR count). The molecule has 1 aliphatic rings. The molecule has 4 N–H and O–H groups in total. The standard InChI is InChI=1S/C11H14N4O3S2/c12-10(19)8-4-3-7(6-14-8)20(17,18)15-9-2-1-5-13-11(9)16/h3-4,6,9,15H,1-2,5H2,(H2,12,19)(H,13,16). The van der Waals surface area contributed by atoms with Gasteiger partial charge in [0.05, 0.1) is 5.69 Å². The first-order valence-corrected chi connectivity index (χ1v) is 7.85. The van der Waals surface area contributed by atoms with Crippen LogP contribution < -0.4 is 15.8 Å². The summed E-state index contributed by atoms with van der Waals surface area (Å²) in [4.78, 5) is 15.5. The van der Waals surface area contributed by atoms with Crippen LogP contribution in [0.4, 0.5) is 0 Å². The summed E-state index contributed by atoms with van der Waals surface area (Å²) >= 11 is 4.74. The Morgan fingerprint density at radius 3 is 2.80 bits per heavy atom. The van der Waals surface area contributed by atoms with Crippen molar-refractivity contribution in [3.8, 4) is 0 Å². The van der Waals surface area contributed by atoms with Gasteiger partial charge >= 0.3 is 0 Å². The molecule has 1 amide bonds. The van der Waals surface area contributed by atoms with Crippen LogP contribution in [0.2, 0.25) is 0 Å². The predicted octanol–water partition coefficient (Wildman–Crippen LogP) is -0.727. The van der Waals surface area contributed by atoms with E-state index in [1.165, 1.54) is 12.1 Å². The maximum absolute atomic E-state index is 12.1. The molecule has 20 heavy (non-hydrogen) atoms. The number of piperidine rings is 1. The maximum Gasteiger partial charge on any atom is 0.242 e. The number of nitrogens with one attached hydrogen (secondary N) is 2. The van der Waals surface area contributed by atoms with Crippen LogP contribution >= 0.6 is 12.2 Å². The Bertz CT molecular complexity index is 628. The molecule has 0 bridgehead atoms. The van der Waals surface area contributed by atoms with Crippen molar-refractivity contribution in [1.82, 2.24) is 15.0 Å². The van der Waals surface area contributed by atoms with Crippen LogP contribution in [0.1, 0.15) is 18.5 Å². The minimum Gasteiger partial charge on any atom is -0.388 e. The second-order valence-electron chi connectivity index (χ2n) is 4.35. The zero-order valence-electron chi connectivity index (χ0n) is 10.5. The summed E-state index contributed by atoms with van der Waals surface area (Å²) in [6.45, 7) is 0.571. The molecule has 0 radical (unpaired) electrons. The van der Waals surface area contributed by atoms with Gasteiger partial charge in [-0.2, -0.15) is 4.72 Å². The molecular formula is C11H14N4O3S2. The van der Waals surface area contributed by atoms with Gasteiger partial charge in [0.1, 0.15) is 15.9 Å². The molecule has 7 nitrogen and oxygen atoms in total. The summed E-state index contributed by atoms with van der Waals surface area (Å²) in [6.07, 6.45) is 2.37. The normalized spacial score (nSPS) is 19.4. The molecule has 2 heterocycles. The van der Waals surface area contributed by atoms with Crippen LogP contribution in [0.5, 0.6) is 0 Å². The van der Waals surface area contributed by atoms with E-state index in [2.05, 4.69) is 15.0 Å². The van der Waals surface area contributed by atoms with Gasteiger partial charge in [-0.3, -0.25) is 9.78 Å². The van der Waals surface area contributed by atoms with Crippen LogP contribution in [0.3, 0.4) is 0 Å². The molecular weight excluding hydrogens is 300 g/mol. The molecule has 1 saturated heterocycles. The minimum atomic E-state index is -3.79. The van der Waals surface area contributed by atoms with Gasteiger partial charge < -0.3 is 11.1 Å². The third kappa shape index (κ3) is 3.30. The van der Waals surface area contributed by atoms with Crippen LogP contribution in [0.25, 0.3) is 0 Å². The molecule has 0 spiro atoms. The predicted molar refractivity (Wildman–Crippen MR) is 76.5 cm³/mol. The number of hydrogen-bond donors (Lipinski definition) is 3. The van der Waals surface area contributed by atoms with Crippen LogP contribution in [0.15, 0.2) is 23.2 Å². The number of carbonyl (C=O) groups excluding carboxylic acids is 1. The number of sulfonamides is 1. The summed E-state index contributed by atoms with van der Waals surface area (Å²) in [5.74, 6) is -0.312. The number of rotatable bonds is 4.